The first kappa shape index (κ1) is 23.9. The topological polar surface area (TPSA) is 65.8 Å². The maximum atomic E-state index is 14.2. The summed E-state index contributed by atoms with van der Waals surface area (Å²) in [5.41, 5.74) is 3.82. The number of benzene rings is 2. The molecule has 1 aliphatic rings. The van der Waals surface area contributed by atoms with E-state index in [2.05, 4.69) is 10.3 Å². The number of aromatic nitrogens is 1. The van der Waals surface area contributed by atoms with Crippen LogP contribution in [0.3, 0.4) is 0 Å². The molecule has 1 aliphatic carbocycles. The zero-order chi connectivity index (χ0) is 24.0. The summed E-state index contributed by atoms with van der Waals surface area (Å²) in [5.74, 6) is -3.82. The Kier molecular flexibility index (Phi) is 7.59. The summed E-state index contributed by atoms with van der Waals surface area (Å²) in [5, 5.41) is 11.3. The number of hydrogen-bond acceptors (Lipinski definition) is 4. The molecule has 174 valence electrons. The number of rotatable bonds is 7. The minimum absolute atomic E-state index is 0.188. The van der Waals surface area contributed by atoms with E-state index in [0.29, 0.717) is 0 Å². The predicted molar refractivity (Wildman–Crippen MR) is 129 cm³/mol. The summed E-state index contributed by atoms with van der Waals surface area (Å²) >= 11 is 1.70. The molecule has 34 heavy (non-hydrogen) atoms. The molecule has 1 fully saturated rings. The second-order valence-corrected chi connectivity index (χ2v) is 9.46. The van der Waals surface area contributed by atoms with E-state index >= 15 is 0 Å². The van der Waals surface area contributed by atoms with E-state index in [1.807, 2.05) is 72.8 Å². The number of nitrogens with one attached hydrogen (secondary N) is 1. The first-order valence-electron chi connectivity index (χ1n) is 11.2. The number of carbonyl (C=O) groups is 1. The molecule has 0 aliphatic heterocycles. The maximum Gasteiger partial charge on any atom is 0.249 e. The molecule has 2 atom stereocenters. The molecule has 0 saturated heterocycles. The van der Waals surface area contributed by atoms with Crippen molar-refractivity contribution in [2.75, 3.05) is 6.54 Å². The fourth-order valence-corrected chi connectivity index (χ4v) is 5.31. The van der Waals surface area contributed by atoms with Gasteiger partial charge in [0.2, 0.25) is 11.8 Å². The fraction of sp³-hybridized carbons (Fsp3) is 0.296. The van der Waals surface area contributed by atoms with Crippen molar-refractivity contribution in [3.05, 3.63) is 84.2 Å². The third-order valence-corrected chi connectivity index (χ3v) is 7.19. The van der Waals surface area contributed by atoms with Crippen LogP contribution in [0.5, 0.6) is 0 Å². The van der Waals surface area contributed by atoms with Crippen molar-refractivity contribution in [2.24, 2.45) is 5.92 Å². The number of nitriles is 1. The molecule has 1 saturated carbocycles. The van der Waals surface area contributed by atoms with Gasteiger partial charge in [0.1, 0.15) is 6.54 Å². The molecule has 4 rings (SSSR count). The molecule has 2 aromatic carbocycles. The Labute approximate surface area is 202 Å². The zero-order valence-electron chi connectivity index (χ0n) is 18.6. The lowest BCUT2D eigenvalue weighted by Gasteiger charge is -2.36. The van der Waals surface area contributed by atoms with E-state index in [0.717, 1.165) is 33.0 Å². The summed E-state index contributed by atoms with van der Waals surface area (Å²) in [7, 11) is 0. The molecule has 4 nitrogen and oxygen atoms in total. The molecule has 1 N–H and O–H groups in total. The largest absolute Gasteiger partial charge is 0.343 e. The summed E-state index contributed by atoms with van der Waals surface area (Å²) in [6, 6.07) is 23.6. The minimum atomic E-state index is -2.88. The molecule has 0 spiro atoms. The first-order valence-corrected chi connectivity index (χ1v) is 12.2. The number of thioether (sulfide) groups is 1. The van der Waals surface area contributed by atoms with Gasteiger partial charge in [-0.25, -0.2) is 8.78 Å². The van der Waals surface area contributed by atoms with E-state index in [1.165, 1.54) is 0 Å². The average Bonchev–Trinajstić information content (AvgIpc) is 2.86. The Morgan fingerprint density at radius 3 is 2.62 bits per heavy atom. The van der Waals surface area contributed by atoms with Gasteiger partial charge in [-0.3, -0.25) is 9.78 Å². The number of pyridine rings is 1. The highest BCUT2D eigenvalue weighted by Gasteiger charge is 2.45. The van der Waals surface area contributed by atoms with Crippen LogP contribution in [0.15, 0.2) is 77.8 Å². The number of hydrogen-bond donors (Lipinski definition) is 1. The smallest absolute Gasteiger partial charge is 0.249 e. The van der Waals surface area contributed by atoms with Crippen molar-refractivity contribution < 1.29 is 13.6 Å². The molecule has 7 heteroatoms. The molecule has 1 heterocycles. The van der Waals surface area contributed by atoms with E-state index in [-0.39, 0.29) is 25.3 Å². The van der Waals surface area contributed by atoms with Gasteiger partial charge in [-0.05, 0) is 53.3 Å². The van der Waals surface area contributed by atoms with E-state index in [9.17, 15) is 13.6 Å². The predicted octanol–water partition coefficient (Wildman–Crippen LogP) is 6.20. The SMILES string of the molecule is N#CCNC(=O)C1CC(F)(F)CCC1c1ccccc1-c1ccc(SCc2ccccn2)cc1. The van der Waals surface area contributed by atoms with Crippen molar-refractivity contribution in [3.8, 4) is 17.2 Å². The average molecular weight is 478 g/mol. The normalized spacial score (nSPS) is 19.2. The van der Waals surface area contributed by atoms with Crippen molar-refractivity contribution in [1.29, 1.82) is 5.26 Å². The minimum Gasteiger partial charge on any atom is -0.343 e. The van der Waals surface area contributed by atoms with Gasteiger partial charge in [0.05, 0.1) is 17.7 Å². The summed E-state index contributed by atoms with van der Waals surface area (Å²) in [4.78, 5) is 18.2. The van der Waals surface area contributed by atoms with Crippen LogP contribution >= 0.6 is 11.8 Å². The molecular formula is C27H25F2N3OS. The highest BCUT2D eigenvalue weighted by molar-refractivity contribution is 7.98. The van der Waals surface area contributed by atoms with Crippen LogP contribution in [0.25, 0.3) is 11.1 Å². The van der Waals surface area contributed by atoms with Gasteiger partial charge in [-0.1, -0.05) is 42.5 Å². The van der Waals surface area contributed by atoms with Gasteiger partial charge in [0.15, 0.2) is 0 Å². The lowest BCUT2D eigenvalue weighted by molar-refractivity contribution is -0.133. The van der Waals surface area contributed by atoms with Gasteiger partial charge in [0, 0.05) is 29.7 Å². The van der Waals surface area contributed by atoms with Gasteiger partial charge in [-0.15, -0.1) is 11.8 Å². The highest BCUT2D eigenvalue weighted by Crippen LogP contribution is 2.47. The third-order valence-electron chi connectivity index (χ3n) is 6.14. The fourth-order valence-electron chi connectivity index (χ4n) is 4.49. The Balaban J connectivity index is 1.57. The number of alkyl halides is 2. The molecule has 0 radical (unpaired) electrons. The Morgan fingerprint density at radius 1 is 1.12 bits per heavy atom. The van der Waals surface area contributed by atoms with E-state index in [1.54, 1.807) is 18.0 Å². The number of carbonyl (C=O) groups excluding carboxylic acids is 1. The lowest BCUT2D eigenvalue weighted by atomic mass is 9.72. The number of halogens is 2. The van der Waals surface area contributed by atoms with Gasteiger partial charge >= 0.3 is 0 Å². The number of nitrogens with zero attached hydrogens (tertiary/aromatic N) is 2. The van der Waals surface area contributed by atoms with Crippen molar-refractivity contribution >= 4 is 17.7 Å². The molecule has 3 aromatic rings. The van der Waals surface area contributed by atoms with Gasteiger partial charge in [-0.2, -0.15) is 5.26 Å². The Bertz CT molecular complexity index is 1160. The van der Waals surface area contributed by atoms with Crippen molar-refractivity contribution in [1.82, 2.24) is 10.3 Å². The van der Waals surface area contributed by atoms with Crippen LogP contribution in [0.2, 0.25) is 0 Å². The van der Waals surface area contributed by atoms with Crippen LogP contribution in [-0.2, 0) is 10.5 Å². The van der Waals surface area contributed by atoms with Crippen molar-refractivity contribution in [3.63, 3.8) is 0 Å². The highest BCUT2D eigenvalue weighted by atomic mass is 32.2. The maximum absolute atomic E-state index is 14.2. The summed E-state index contributed by atoms with van der Waals surface area (Å²) < 4.78 is 28.5. The van der Waals surface area contributed by atoms with Gasteiger partial charge < -0.3 is 5.32 Å². The van der Waals surface area contributed by atoms with Crippen LogP contribution in [0.4, 0.5) is 8.78 Å². The third kappa shape index (κ3) is 5.81. The van der Waals surface area contributed by atoms with Crippen LogP contribution in [0.1, 0.15) is 36.4 Å². The Morgan fingerprint density at radius 2 is 1.88 bits per heavy atom. The standard InChI is InChI=1S/C27H25F2N3OS/c28-27(29)13-12-24(25(17-27)26(33)32-16-14-30)23-7-2-1-6-22(23)19-8-10-21(11-9-19)34-18-20-5-3-4-15-31-20/h1-11,15,24-25H,12-13,16-18H2,(H,32,33). The first-order chi connectivity index (χ1) is 16.5. The molecule has 1 aromatic heterocycles. The van der Waals surface area contributed by atoms with Crippen molar-refractivity contribution in [2.45, 2.75) is 41.8 Å². The Hall–Kier alpha value is -3.24. The van der Waals surface area contributed by atoms with E-state index in [4.69, 9.17) is 5.26 Å². The zero-order valence-corrected chi connectivity index (χ0v) is 19.4. The second kappa shape index (κ2) is 10.8. The van der Waals surface area contributed by atoms with E-state index < -0.39 is 24.2 Å². The van der Waals surface area contributed by atoms with Crippen LogP contribution in [-0.4, -0.2) is 23.4 Å². The lowest BCUT2D eigenvalue weighted by Crippen LogP contribution is -2.41. The second-order valence-electron chi connectivity index (χ2n) is 8.41. The quantitative estimate of drug-likeness (QED) is 0.325. The molecule has 1 amide bonds. The van der Waals surface area contributed by atoms with Crippen LogP contribution in [0, 0.1) is 17.2 Å². The van der Waals surface area contributed by atoms with Crippen LogP contribution < -0.4 is 5.32 Å². The molecular weight excluding hydrogens is 452 g/mol. The number of amides is 1. The summed E-state index contributed by atoms with van der Waals surface area (Å²) in [6.45, 7) is -0.188. The van der Waals surface area contributed by atoms with Gasteiger partial charge in [0.25, 0.3) is 0 Å². The monoisotopic (exact) mass is 477 g/mol. The molecule has 0 bridgehead atoms. The summed E-state index contributed by atoms with van der Waals surface area (Å²) in [6.07, 6.45) is 1.24. The molecule has 2 unspecified atom stereocenters.